The van der Waals surface area contributed by atoms with Crippen LogP contribution in [0.3, 0.4) is 0 Å². The summed E-state index contributed by atoms with van der Waals surface area (Å²) < 4.78 is 27.7. The number of hydrogen-bond donors (Lipinski definition) is 2. The maximum atomic E-state index is 13.3. The first-order chi connectivity index (χ1) is 14.3. The molecule has 30 heavy (non-hydrogen) atoms. The molecular weight excluding hydrogens is 402 g/mol. The van der Waals surface area contributed by atoms with Crippen molar-refractivity contribution in [3.05, 3.63) is 90.0 Å². The number of hydrogen-bond acceptors (Lipinski definition) is 4. The first-order valence-electron chi connectivity index (χ1n) is 9.13. The highest BCUT2D eigenvalue weighted by Crippen LogP contribution is 2.26. The predicted molar refractivity (Wildman–Crippen MR) is 116 cm³/mol. The summed E-state index contributed by atoms with van der Waals surface area (Å²) in [7, 11) is -4.01. The van der Waals surface area contributed by atoms with Crippen molar-refractivity contribution in [2.75, 3.05) is 16.2 Å². The molecule has 8 heteroatoms. The summed E-state index contributed by atoms with van der Waals surface area (Å²) in [4.78, 5) is 24.5. The zero-order chi connectivity index (χ0) is 21.7. The summed E-state index contributed by atoms with van der Waals surface area (Å²) in [5.74, 6) is -1.30. The van der Waals surface area contributed by atoms with Crippen molar-refractivity contribution in [1.82, 2.24) is 0 Å². The number of primary amides is 1. The molecule has 3 aromatic carbocycles. The Labute approximate surface area is 175 Å². The molecule has 154 valence electrons. The molecule has 0 aliphatic heterocycles. The van der Waals surface area contributed by atoms with Crippen molar-refractivity contribution >= 4 is 33.2 Å². The summed E-state index contributed by atoms with van der Waals surface area (Å²) in [6.07, 6.45) is 0. The first-order valence-corrected chi connectivity index (χ1v) is 10.6. The van der Waals surface area contributed by atoms with Gasteiger partial charge in [-0.1, -0.05) is 48.5 Å². The van der Waals surface area contributed by atoms with Gasteiger partial charge in [0.25, 0.3) is 15.9 Å². The van der Waals surface area contributed by atoms with E-state index in [-0.39, 0.29) is 16.1 Å². The van der Waals surface area contributed by atoms with Crippen molar-refractivity contribution in [1.29, 1.82) is 0 Å². The normalized spacial score (nSPS) is 11.0. The fraction of sp³-hybridized carbons (Fsp3) is 0.0909. The zero-order valence-corrected chi connectivity index (χ0v) is 17.1. The quantitative estimate of drug-likeness (QED) is 0.609. The van der Waals surface area contributed by atoms with Crippen LogP contribution < -0.4 is 15.4 Å². The number of rotatable bonds is 7. The number of benzene rings is 3. The van der Waals surface area contributed by atoms with E-state index < -0.39 is 28.4 Å². The van der Waals surface area contributed by atoms with Gasteiger partial charge in [0, 0.05) is 0 Å². The Kier molecular flexibility index (Phi) is 6.17. The third kappa shape index (κ3) is 4.49. The second-order valence-electron chi connectivity index (χ2n) is 6.57. The summed E-state index contributed by atoms with van der Waals surface area (Å²) in [6.45, 7) is 1.29. The van der Waals surface area contributed by atoms with Gasteiger partial charge >= 0.3 is 0 Å². The SMILES string of the molecule is Cc1ccccc1N(CC(=O)Nc1ccccc1C(N)=O)S(=O)(=O)c1ccccc1. The Bertz CT molecular complexity index is 1180. The smallest absolute Gasteiger partial charge is 0.264 e. The van der Waals surface area contributed by atoms with Crippen LogP contribution in [-0.2, 0) is 14.8 Å². The van der Waals surface area contributed by atoms with Crippen LogP contribution in [0.1, 0.15) is 15.9 Å². The molecule has 0 aliphatic rings. The van der Waals surface area contributed by atoms with Crippen LogP contribution in [0, 0.1) is 6.92 Å². The molecule has 3 N–H and O–H groups in total. The lowest BCUT2D eigenvalue weighted by Crippen LogP contribution is -2.38. The van der Waals surface area contributed by atoms with Crippen LogP contribution >= 0.6 is 0 Å². The number of carbonyl (C=O) groups is 2. The van der Waals surface area contributed by atoms with Crippen LogP contribution in [-0.4, -0.2) is 26.8 Å². The number of para-hydroxylation sites is 2. The summed E-state index contributed by atoms with van der Waals surface area (Å²) in [5, 5.41) is 2.59. The summed E-state index contributed by atoms with van der Waals surface area (Å²) >= 11 is 0. The van der Waals surface area contributed by atoms with Gasteiger partial charge in [0.1, 0.15) is 6.54 Å². The van der Waals surface area contributed by atoms with E-state index in [1.54, 1.807) is 61.5 Å². The van der Waals surface area contributed by atoms with Crippen LogP contribution in [0.25, 0.3) is 0 Å². The minimum absolute atomic E-state index is 0.0681. The Morgan fingerprint density at radius 3 is 2.17 bits per heavy atom. The van der Waals surface area contributed by atoms with E-state index in [9.17, 15) is 18.0 Å². The molecule has 0 saturated carbocycles. The molecule has 0 atom stereocenters. The highest BCUT2D eigenvalue weighted by Gasteiger charge is 2.28. The summed E-state index contributed by atoms with van der Waals surface area (Å²) in [5.41, 5.74) is 6.79. The molecule has 0 unspecified atom stereocenters. The van der Waals surface area contributed by atoms with Crippen LogP contribution in [0.15, 0.2) is 83.8 Å². The van der Waals surface area contributed by atoms with E-state index in [0.29, 0.717) is 11.3 Å². The Morgan fingerprint density at radius 2 is 1.50 bits per heavy atom. The predicted octanol–water partition coefficient (Wildman–Crippen LogP) is 2.93. The van der Waals surface area contributed by atoms with E-state index in [1.165, 1.54) is 24.3 Å². The topological polar surface area (TPSA) is 110 Å². The fourth-order valence-electron chi connectivity index (χ4n) is 2.99. The minimum atomic E-state index is -4.01. The molecule has 0 heterocycles. The van der Waals surface area contributed by atoms with E-state index in [4.69, 9.17) is 5.73 Å². The lowest BCUT2D eigenvalue weighted by atomic mass is 10.1. The molecule has 0 aliphatic carbocycles. The molecule has 0 saturated heterocycles. The van der Waals surface area contributed by atoms with Gasteiger partial charge < -0.3 is 11.1 Å². The van der Waals surface area contributed by atoms with Gasteiger partial charge in [0.05, 0.1) is 21.8 Å². The van der Waals surface area contributed by atoms with Gasteiger partial charge in [-0.25, -0.2) is 8.42 Å². The van der Waals surface area contributed by atoms with E-state index >= 15 is 0 Å². The van der Waals surface area contributed by atoms with Gasteiger partial charge in [-0.2, -0.15) is 0 Å². The second kappa shape index (κ2) is 8.79. The molecule has 0 spiro atoms. The Hall–Kier alpha value is -3.65. The standard InChI is InChI=1S/C22H21N3O4S/c1-16-9-5-8-14-20(16)25(30(28,29)17-10-3-2-4-11-17)15-21(26)24-19-13-7-6-12-18(19)22(23)27/h2-14H,15H2,1H3,(H2,23,27)(H,24,26). The van der Waals surface area contributed by atoms with Crippen LogP contribution in [0.5, 0.6) is 0 Å². The van der Waals surface area contributed by atoms with E-state index in [1.807, 2.05) is 0 Å². The van der Waals surface area contributed by atoms with E-state index in [2.05, 4.69) is 5.32 Å². The highest BCUT2D eigenvalue weighted by molar-refractivity contribution is 7.92. The molecule has 3 rings (SSSR count). The van der Waals surface area contributed by atoms with Gasteiger partial charge in [0.2, 0.25) is 5.91 Å². The number of aryl methyl sites for hydroxylation is 1. The van der Waals surface area contributed by atoms with Crippen LogP contribution in [0.2, 0.25) is 0 Å². The van der Waals surface area contributed by atoms with Crippen LogP contribution in [0.4, 0.5) is 11.4 Å². The fourth-order valence-corrected chi connectivity index (χ4v) is 4.50. The molecule has 0 bridgehead atoms. The average Bonchev–Trinajstić information content (AvgIpc) is 2.73. The number of anilines is 2. The second-order valence-corrected chi connectivity index (χ2v) is 8.43. The van der Waals surface area contributed by atoms with Gasteiger partial charge in [-0.05, 0) is 42.8 Å². The number of nitrogens with one attached hydrogen (secondary N) is 1. The monoisotopic (exact) mass is 423 g/mol. The van der Waals surface area contributed by atoms with Crippen molar-refractivity contribution in [3.63, 3.8) is 0 Å². The largest absolute Gasteiger partial charge is 0.366 e. The molecule has 3 aromatic rings. The third-order valence-electron chi connectivity index (χ3n) is 4.47. The minimum Gasteiger partial charge on any atom is -0.366 e. The Morgan fingerprint density at radius 1 is 0.900 bits per heavy atom. The molecule has 0 radical (unpaired) electrons. The maximum Gasteiger partial charge on any atom is 0.264 e. The molecule has 0 aromatic heterocycles. The highest BCUT2D eigenvalue weighted by atomic mass is 32.2. The molecule has 2 amide bonds. The van der Waals surface area contributed by atoms with Gasteiger partial charge in [-0.3, -0.25) is 13.9 Å². The third-order valence-corrected chi connectivity index (χ3v) is 6.24. The first kappa shape index (κ1) is 21.1. The van der Waals surface area contributed by atoms with Gasteiger partial charge in [0.15, 0.2) is 0 Å². The number of nitrogens with zero attached hydrogens (tertiary/aromatic N) is 1. The Balaban J connectivity index is 1.97. The van der Waals surface area contributed by atoms with Crippen molar-refractivity contribution in [2.45, 2.75) is 11.8 Å². The van der Waals surface area contributed by atoms with E-state index in [0.717, 1.165) is 4.31 Å². The maximum absolute atomic E-state index is 13.3. The molecule has 0 fully saturated rings. The van der Waals surface area contributed by atoms with Crippen molar-refractivity contribution < 1.29 is 18.0 Å². The van der Waals surface area contributed by atoms with Crippen molar-refractivity contribution in [2.24, 2.45) is 5.73 Å². The van der Waals surface area contributed by atoms with Crippen molar-refractivity contribution in [3.8, 4) is 0 Å². The molecule has 7 nitrogen and oxygen atoms in total. The number of nitrogens with two attached hydrogens (primary N) is 1. The lowest BCUT2D eigenvalue weighted by Gasteiger charge is -2.25. The number of carbonyl (C=O) groups excluding carboxylic acids is 2. The number of sulfonamides is 1. The number of amides is 2. The zero-order valence-electron chi connectivity index (χ0n) is 16.3. The average molecular weight is 423 g/mol. The van der Waals surface area contributed by atoms with Gasteiger partial charge in [-0.15, -0.1) is 0 Å². The summed E-state index contributed by atoms with van der Waals surface area (Å²) in [6, 6.07) is 21.1. The lowest BCUT2D eigenvalue weighted by molar-refractivity contribution is -0.114. The molecular formula is C22H21N3O4S.